The second-order valence-electron chi connectivity index (χ2n) is 6.14. The van der Waals surface area contributed by atoms with Crippen molar-refractivity contribution in [3.8, 4) is 22.5 Å². The van der Waals surface area contributed by atoms with Crippen LogP contribution in [0.4, 0.5) is 34.5 Å². The molecular formula is C20H14B2F8N2-2. The summed E-state index contributed by atoms with van der Waals surface area (Å²) in [6.45, 7) is 0. The fraction of sp³-hybridized carbons (Fsp3) is 0. The molecule has 0 bridgehead atoms. The average Bonchev–Trinajstić information content (AvgIpc) is 2.72. The predicted molar refractivity (Wildman–Crippen MR) is 111 cm³/mol. The first kappa shape index (κ1) is 24.8. The van der Waals surface area contributed by atoms with Gasteiger partial charge in [-0.25, -0.2) is 4.98 Å². The zero-order valence-corrected chi connectivity index (χ0v) is 16.2. The molecule has 2 aromatic heterocycles. The highest BCUT2D eigenvalue weighted by Crippen LogP contribution is 2.31. The van der Waals surface area contributed by atoms with Gasteiger partial charge in [-0.1, -0.05) is 54.6 Å². The van der Waals surface area contributed by atoms with Gasteiger partial charge in [0.1, 0.15) is 0 Å². The Hall–Kier alpha value is -3.43. The first-order valence-corrected chi connectivity index (χ1v) is 9.03. The molecule has 0 radical (unpaired) electrons. The maximum absolute atomic E-state index is 9.75. The van der Waals surface area contributed by atoms with Gasteiger partial charge in [-0.05, 0) is 35.4 Å². The van der Waals surface area contributed by atoms with E-state index in [2.05, 4.69) is 47.4 Å². The summed E-state index contributed by atoms with van der Waals surface area (Å²) in [5, 5.41) is 1.16. The fourth-order valence-electron chi connectivity index (χ4n) is 2.68. The summed E-state index contributed by atoms with van der Waals surface area (Å²) in [7, 11) is -12.0. The molecule has 2 heterocycles. The topological polar surface area (TPSA) is 25.8 Å². The first-order chi connectivity index (χ1) is 14.9. The van der Waals surface area contributed by atoms with Gasteiger partial charge in [0.15, 0.2) is 0 Å². The van der Waals surface area contributed by atoms with E-state index in [1.54, 1.807) is 6.20 Å². The van der Waals surface area contributed by atoms with Gasteiger partial charge < -0.3 is 34.5 Å². The standard InChI is InChI=1S/C20H14N2.2BF4/c1-2-8-15(9-3-1)17-14-20(19-12-6-7-13-21-19)22-18-11-5-4-10-16(17)18;2*2-1(3,4)5/h1-14H;;/q;2*-1. The molecule has 0 aliphatic carbocycles. The van der Waals surface area contributed by atoms with E-state index < -0.39 is 14.5 Å². The smallest absolute Gasteiger partial charge is 0.418 e. The Labute approximate surface area is 178 Å². The lowest BCUT2D eigenvalue weighted by Gasteiger charge is -2.09. The van der Waals surface area contributed by atoms with Crippen LogP contribution >= 0.6 is 0 Å². The number of rotatable bonds is 2. The van der Waals surface area contributed by atoms with Gasteiger partial charge >= 0.3 is 14.5 Å². The molecule has 0 N–H and O–H groups in total. The van der Waals surface area contributed by atoms with Crippen molar-refractivity contribution < 1.29 is 34.5 Å². The maximum Gasteiger partial charge on any atom is 0.673 e. The number of hydrogen-bond donors (Lipinski definition) is 0. The number of benzene rings is 2. The number of nitrogens with zero attached hydrogens (tertiary/aromatic N) is 2. The molecule has 0 atom stereocenters. The Morgan fingerprint density at radius 3 is 1.66 bits per heavy atom. The normalized spacial score (nSPS) is 11.1. The summed E-state index contributed by atoms with van der Waals surface area (Å²) in [4.78, 5) is 9.20. The Balaban J connectivity index is 0.000000308. The van der Waals surface area contributed by atoms with Gasteiger partial charge in [-0.2, -0.15) is 0 Å². The summed E-state index contributed by atoms with van der Waals surface area (Å²) in [6.07, 6.45) is 1.80. The molecule has 12 heteroatoms. The lowest BCUT2D eigenvalue weighted by Crippen LogP contribution is -2.02. The molecule has 0 saturated heterocycles. The maximum atomic E-state index is 9.75. The minimum Gasteiger partial charge on any atom is -0.418 e. The molecule has 0 unspecified atom stereocenters. The molecule has 0 spiro atoms. The zero-order valence-electron chi connectivity index (χ0n) is 16.2. The summed E-state index contributed by atoms with van der Waals surface area (Å²) in [5.41, 5.74) is 5.17. The second kappa shape index (κ2) is 10.7. The molecule has 168 valence electrons. The summed E-state index contributed by atoms with van der Waals surface area (Å²) < 4.78 is 78.0. The lowest BCUT2D eigenvalue weighted by atomic mass is 9.99. The van der Waals surface area contributed by atoms with Gasteiger partial charge in [-0.3, -0.25) is 4.98 Å². The average molecular weight is 456 g/mol. The summed E-state index contributed by atoms with van der Waals surface area (Å²) in [5.74, 6) is 0. The second-order valence-corrected chi connectivity index (χ2v) is 6.14. The molecule has 2 nitrogen and oxygen atoms in total. The van der Waals surface area contributed by atoms with Crippen molar-refractivity contribution in [3.63, 3.8) is 0 Å². The quantitative estimate of drug-likeness (QED) is 0.230. The number of fused-ring (bicyclic) bond motifs is 1. The SMILES string of the molecule is F[B-](F)(F)F.F[B-](F)(F)F.c1ccc(-c2cc(-c3ccccn3)nc3ccccc23)cc1. The highest BCUT2D eigenvalue weighted by atomic mass is 19.5. The molecule has 0 aliphatic heterocycles. The highest BCUT2D eigenvalue weighted by molar-refractivity contribution is 6.50. The Morgan fingerprint density at radius 1 is 0.562 bits per heavy atom. The van der Waals surface area contributed by atoms with Gasteiger partial charge in [0.25, 0.3) is 0 Å². The van der Waals surface area contributed by atoms with Crippen molar-refractivity contribution in [1.29, 1.82) is 0 Å². The predicted octanol–water partition coefficient (Wildman–Crippen LogP) is 7.56. The number of halogens is 8. The number of pyridine rings is 2. The zero-order chi connectivity index (χ0) is 23.8. The van der Waals surface area contributed by atoms with Crippen molar-refractivity contribution in [2.75, 3.05) is 0 Å². The van der Waals surface area contributed by atoms with Crippen LogP contribution in [0.25, 0.3) is 33.4 Å². The minimum atomic E-state index is -6.00. The van der Waals surface area contributed by atoms with E-state index in [0.717, 1.165) is 22.3 Å². The van der Waals surface area contributed by atoms with E-state index in [-0.39, 0.29) is 0 Å². The van der Waals surface area contributed by atoms with E-state index >= 15 is 0 Å². The van der Waals surface area contributed by atoms with Crippen LogP contribution in [-0.2, 0) is 0 Å². The van der Waals surface area contributed by atoms with Crippen molar-refractivity contribution in [1.82, 2.24) is 9.97 Å². The largest absolute Gasteiger partial charge is 0.673 e. The number of aromatic nitrogens is 2. The molecule has 0 fully saturated rings. The molecule has 4 rings (SSSR count). The van der Waals surface area contributed by atoms with Gasteiger partial charge in [0, 0.05) is 11.6 Å². The lowest BCUT2D eigenvalue weighted by molar-refractivity contribution is 0.366. The van der Waals surface area contributed by atoms with Gasteiger partial charge in [-0.15, -0.1) is 0 Å². The van der Waals surface area contributed by atoms with Gasteiger partial charge in [0.2, 0.25) is 0 Å². The van der Waals surface area contributed by atoms with Crippen LogP contribution in [0, 0.1) is 0 Å². The first-order valence-electron chi connectivity index (χ1n) is 9.03. The monoisotopic (exact) mass is 456 g/mol. The van der Waals surface area contributed by atoms with Crippen molar-refractivity contribution in [3.05, 3.63) is 85.1 Å². The highest BCUT2D eigenvalue weighted by Gasteiger charge is 2.21. The number of para-hydroxylation sites is 1. The third-order valence-electron chi connectivity index (χ3n) is 3.73. The van der Waals surface area contributed by atoms with Crippen molar-refractivity contribution >= 4 is 25.4 Å². The van der Waals surface area contributed by atoms with E-state index in [4.69, 9.17) is 4.98 Å². The van der Waals surface area contributed by atoms with E-state index in [0.29, 0.717) is 0 Å². The third kappa shape index (κ3) is 9.15. The van der Waals surface area contributed by atoms with Crippen LogP contribution in [0.3, 0.4) is 0 Å². The Morgan fingerprint density at radius 2 is 1.09 bits per heavy atom. The third-order valence-corrected chi connectivity index (χ3v) is 3.73. The molecule has 32 heavy (non-hydrogen) atoms. The van der Waals surface area contributed by atoms with Crippen LogP contribution in [0.15, 0.2) is 85.1 Å². The summed E-state index contributed by atoms with van der Waals surface area (Å²) in [6, 6.07) is 26.7. The Bertz CT molecular complexity index is 1100. The van der Waals surface area contributed by atoms with Crippen LogP contribution in [-0.4, -0.2) is 24.5 Å². The molecule has 0 aliphatic rings. The van der Waals surface area contributed by atoms with Crippen molar-refractivity contribution in [2.45, 2.75) is 0 Å². The van der Waals surface area contributed by atoms with E-state index in [9.17, 15) is 34.5 Å². The van der Waals surface area contributed by atoms with Crippen LogP contribution in [0.1, 0.15) is 0 Å². The summed E-state index contributed by atoms with van der Waals surface area (Å²) >= 11 is 0. The molecule has 4 aromatic rings. The van der Waals surface area contributed by atoms with Gasteiger partial charge in [0.05, 0.1) is 16.9 Å². The minimum absolute atomic E-state index is 0.894. The molecule has 0 saturated carbocycles. The fourth-order valence-corrected chi connectivity index (χ4v) is 2.68. The molecular weight excluding hydrogens is 442 g/mol. The molecule has 2 aromatic carbocycles. The molecule has 0 amide bonds. The number of hydrogen-bond acceptors (Lipinski definition) is 2. The van der Waals surface area contributed by atoms with Crippen LogP contribution in [0.2, 0.25) is 0 Å². The van der Waals surface area contributed by atoms with Crippen molar-refractivity contribution in [2.24, 2.45) is 0 Å². The van der Waals surface area contributed by atoms with E-state index in [1.807, 2.05) is 36.4 Å². The Kier molecular flexibility index (Phi) is 8.34. The van der Waals surface area contributed by atoms with Crippen LogP contribution < -0.4 is 0 Å². The van der Waals surface area contributed by atoms with Crippen LogP contribution in [0.5, 0.6) is 0 Å². The van der Waals surface area contributed by atoms with E-state index in [1.165, 1.54) is 11.1 Å².